The second kappa shape index (κ2) is 7.42. The molecule has 27 heavy (non-hydrogen) atoms. The van der Waals surface area contributed by atoms with Crippen LogP contribution >= 0.6 is 0 Å². The number of amides is 3. The molecule has 0 aliphatic carbocycles. The fourth-order valence-electron chi connectivity index (χ4n) is 3.34. The fourth-order valence-corrected chi connectivity index (χ4v) is 3.34. The van der Waals surface area contributed by atoms with Crippen LogP contribution in [0, 0.1) is 0 Å². The van der Waals surface area contributed by atoms with Gasteiger partial charge in [-0.05, 0) is 32.8 Å². The summed E-state index contributed by atoms with van der Waals surface area (Å²) < 4.78 is 1.84. The molecule has 1 unspecified atom stereocenters. The van der Waals surface area contributed by atoms with Gasteiger partial charge in [0.15, 0.2) is 0 Å². The Balaban J connectivity index is 1.84. The molecule has 0 spiro atoms. The Labute approximate surface area is 159 Å². The lowest BCUT2D eigenvalue weighted by molar-refractivity contribution is -0.119. The minimum atomic E-state index is -0.278. The molecule has 0 bridgehead atoms. The zero-order chi connectivity index (χ0) is 19.6. The summed E-state index contributed by atoms with van der Waals surface area (Å²) in [6, 6.07) is 9.73. The van der Waals surface area contributed by atoms with Gasteiger partial charge in [-0.3, -0.25) is 10.1 Å². The number of aromatic nitrogens is 2. The number of likely N-dealkylation sites (tertiary alicyclic amines) is 1. The van der Waals surface area contributed by atoms with Crippen molar-refractivity contribution < 1.29 is 9.59 Å². The van der Waals surface area contributed by atoms with Crippen LogP contribution in [0.15, 0.2) is 36.5 Å². The molecule has 2 heterocycles. The van der Waals surface area contributed by atoms with Gasteiger partial charge in [-0.15, -0.1) is 0 Å². The van der Waals surface area contributed by atoms with Gasteiger partial charge in [0.1, 0.15) is 5.82 Å². The van der Waals surface area contributed by atoms with Gasteiger partial charge in [0, 0.05) is 31.6 Å². The first-order valence-electron chi connectivity index (χ1n) is 9.22. The summed E-state index contributed by atoms with van der Waals surface area (Å²) in [6.07, 6.45) is 2.55. The van der Waals surface area contributed by atoms with Gasteiger partial charge < -0.3 is 10.2 Å². The maximum absolute atomic E-state index is 12.9. The molecular formula is C20H27N5O2. The van der Waals surface area contributed by atoms with Crippen LogP contribution in [0.3, 0.4) is 0 Å². The van der Waals surface area contributed by atoms with E-state index in [1.165, 1.54) is 6.92 Å². The number of hydrogen-bond acceptors (Lipinski definition) is 3. The van der Waals surface area contributed by atoms with Gasteiger partial charge in [0.25, 0.3) is 0 Å². The molecule has 0 radical (unpaired) electrons. The van der Waals surface area contributed by atoms with Crippen LogP contribution in [0.25, 0.3) is 11.1 Å². The Kier molecular flexibility index (Phi) is 5.21. The Morgan fingerprint density at radius 2 is 1.89 bits per heavy atom. The van der Waals surface area contributed by atoms with E-state index in [2.05, 4.69) is 15.7 Å². The molecule has 7 nitrogen and oxygen atoms in total. The molecule has 1 aliphatic rings. The number of nitrogens with zero attached hydrogens (tertiary/aromatic N) is 3. The fraction of sp³-hybridized carbons (Fsp3) is 0.450. The van der Waals surface area contributed by atoms with E-state index in [1.54, 1.807) is 11.1 Å². The number of nitrogens with one attached hydrogen (secondary N) is 2. The SMILES string of the molecule is CC(=O)NC1CCN(C(=O)Nc2c(-c3ccccc3)cnn2C(C)(C)C)C1. The largest absolute Gasteiger partial charge is 0.352 e. The van der Waals surface area contributed by atoms with Crippen molar-refractivity contribution in [3.8, 4) is 11.1 Å². The van der Waals surface area contributed by atoms with Crippen molar-refractivity contribution in [2.45, 2.75) is 45.7 Å². The second-order valence-electron chi connectivity index (χ2n) is 7.92. The lowest BCUT2D eigenvalue weighted by Crippen LogP contribution is -2.39. The zero-order valence-corrected chi connectivity index (χ0v) is 16.3. The molecule has 2 N–H and O–H groups in total. The third-order valence-corrected chi connectivity index (χ3v) is 4.60. The maximum Gasteiger partial charge on any atom is 0.323 e. The van der Waals surface area contributed by atoms with Crippen molar-refractivity contribution in [1.82, 2.24) is 20.0 Å². The smallest absolute Gasteiger partial charge is 0.323 e. The van der Waals surface area contributed by atoms with Gasteiger partial charge >= 0.3 is 6.03 Å². The Hall–Kier alpha value is -2.83. The summed E-state index contributed by atoms with van der Waals surface area (Å²) in [5.74, 6) is 0.612. The predicted octanol–water partition coefficient (Wildman–Crippen LogP) is 3.05. The van der Waals surface area contributed by atoms with E-state index in [1.807, 2.05) is 55.8 Å². The van der Waals surface area contributed by atoms with Crippen molar-refractivity contribution in [2.75, 3.05) is 18.4 Å². The topological polar surface area (TPSA) is 79.3 Å². The van der Waals surface area contributed by atoms with Crippen LogP contribution < -0.4 is 10.6 Å². The number of carbonyl (C=O) groups excluding carboxylic acids is 2. The first-order valence-corrected chi connectivity index (χ1v) is 9.22. The molecule has 144 valence electrons. The quantitative estimate of drug-likeness (QED) is 0.873. The normalized spacial score (nSPS) is 17.0. The monoisotopic (exact) mass is 369 g/mol. The van der Waals surface area contributed by atoms with Crippen molar-refractivity contribution >= 4 is 17.8 Å². The van der Waals surface area contributed by atoms with Crippen LogP contribution in [-0.4, -0.2) is 45.8 Å². The highest BCUT2D eigenvalue weighted by atomic mass is 16.2. The maximum atomic E-state index is 12.9. The Bertz CT molecular complexity index is 823. The van der Waals surface area contributed by atoms with Crippen LogP contribution in [0.2, 0.25) is 0 Å². The van der Waals surface area contributed by atoms with Gasteiger partial charge in [-0.25, -0.2) is 9.48 Å². The molecule has 1 fully saturated rings. The zero-order valence-electron chi connectivity index (χ0n) is 16.3. The van der Waals surface area contributed by atoms with E-state index in [0.717, 1.165) is 17.5 Å². The molecule has 1 aromatic heterocycles. The number of urea groups is 1. The molecule has 1 saturated heterocycles. The minimum Gasteiger partial charge on any atom is -0.352 e. The highest BCUT2D eigenvalue weighted by Gasteiger charge is 2.29. The second-order valence-corrected chi connectivity index (χ2v) is 7.92. The molecule has 1 aromatic carbocycles. The summed E-state index contributed by atoms with van der Waals surface area (Å²) in [6.45, 7) is 8.76. The standard InChI is InChI=1S/C20H27N5O2/c1-14(26)22-16-10-11-24(13-16)19(27)23-18-17(15-8-6-5-7-9-15)12-21-25(18)20(2,3)4/h5-9,12,16H,10-11,13H2,1-4H3,(H,22,26)(H,23,27). The van der Waals surface area contributed by atoms with E-state index < -0.39 is 0 Å². The van der Waals surface area contributed by atoms with Gasteiger partial charge in [0.05, 0.1) is 11.7 Å². The van der Waals surface area contributed by atoms with Gasteiger partial charge in [-0.1, -0.05) is 30.3 Å². The Morgan fingerprint density at radius 3 is 2.52 bits per heavy atom. The third-order valence-electron chi connectivity index (χ3n) is 4.60. The van der Waals surface area contributed by atoms with Crippen LogP contribution in [0.5, 0.6) is 0 Å². The van der Waals surface area contributed by atoms with E-state index in [9.17, 15) is 9.59 Å². The number of anilines is 1. The average Bonchev–Trinajstić information content (AvgIpc) is 3.22. The van der Waals surface area contributed by atoms with Crippen LogP contribution in [-0.2, 0) is 10.3 Å². The lowest BCUT2D eigenvalue weighted by atomic mass is 10.1. The number of carbonyl (C=O) groups is 2. The van der Waals surface area contributed by atoms with E-state index in [0.29, 0.717) is 18.9 Å². The summed E-state index contributed by atoms with van der Waals surface area (Å²) in [5.41, 5.74) is 1.61. The summed E-state index contributed by atoms with van der Waals surface area (Å²) >= 11 is 0. The summed E-state index contributed by atoms with van der Waals surface area (Å²) in [7, 11) is 0. The van der Waals surface area contributed by atoms with Gasteiger partial charge in [-0.2, -0.15) is 5.10 Å². The van der Waals surface area contributed by atoms with Gasteiger partial charge in [0.2, 0.25) is 5.91 Å². The van der Waals surface area contributed by atoms with E-state index in [4.69, 9.17) is 0 Å². The number of benzene rings is 1. The first kappa shape index (κ1) is 18.9. The minimum absolute atomic E-state index is 0.00868. The van der Waals surface area contributed by atoms with Crippen molar-refractivity contribution in [1.29, 1.82) is 0 Å². The molecule has 1 atom stereocenters. The molecule has 3 rings (SSSR count). The van der Waals surface area contributed by atoms with Crippen molar-refractivity contribution in [2.24, 2.45) is 0 Å². The molecule has 2 aromatic rings. The summed E-state index contributed by atoms with van der Waals surface area (Å²) in [5, 5.41) is 10.5. The molecule has 3 amide bonds. The van der Waals surface area contributed by atoms with E-state index >= 15 is 0 Å². The van der Waals surface area contributed by atoms with Crippen molar-refractivity contribution in [3.63, 3.8) is 0 Å². The van der Waals surface area contributed by atoms with E-state index in [-0.39, 0.29) is 23.5 Å². The first-order chi connectivity index (χ1) is 12.8. The molecule has 7 heteroatoms. The number of rotatable bonds is 3. The van der Waals surface area contributed by atoms with Crippen molar-refractivity contribution in [3.05, 3.63) is 36.5 Å². The Morgan fingerprint density at radius 1 is 1.19 bits per heavy atom. The third kappa shape index (κ3) is 4.30. The molecule has 0 saturated carbocycles. The predicted molar refractivity (Wildman–Crippen MR) is 105 cm³/mol. The molecular weight excluding hydrogens is 342 g/mol. The highest BCUT2D eigenvalue weighted by Crippen LogP contribution is 2.32. The van der Waals surface area contributed by atoms with Crippen LogP contribution in [0.4, 0.5) is 10.6 Å². The average molecular weight is 369 g/mol. The highest BCUT2D eigenvalue weighted by molar-refractivity contribution is 5.93. The van der Waals surface area contributed by atoms with Crippen LogP contribution in [0.1, 0.15) is 34.1 Å². The summed E-state index contributed by atoms with van der Waals surface area (Å²) in [4.78, 5) is 25.8. The number of hydrogen-bond donors (Lipinski definition) is 2. The molecule has 1 aliphatic heterocycles. The lowest BCUT2D eigenvalue weighted by Gasteiger charge is -2.25.